The highest BCUT2D eigenvalue weighted by molar-refractivity contribution is 5.87. The first-order valence-electron chi connectivity index (χ1n) is 8.92. The lowest BCUT2D eigenvalue weighted by molar-refractivity contribution is 0.476. The molecule has 0 atom stereocenters. The number of para-hydroxylation sites is 1. The van der Waals surface area contributed by atoms with Crippen LogP contribution < -0.4 is 4.90 Å². The van der Waals surface area contributed by atoms with E-state index in [-0.39, 0.29) is 0 Å². The summed E-state index contributed by atoms with van der Waals surface area (Å²) in [6, 6.07) is 17.6. The van der Waals surface area contributed by atoms with E-state index in [4.69, 9.17) is 8.83 Å². The van der Waals surface area contributed by atoms with Gasteiger partial charge in [0.2, 0.25) is 0 Å². The number of fused-ring (bicyclic) bond motifs is 1. The van der Waals surface area contributed by atoms with Crippen molar-refractivity contribution in [3.63, 3.8) is 0 Å². The van der Waals surface area contributed by atoms with Crippen molar-refractivity contribution in [1.82, 2.24) is 19.7 Å². The van der Waals surface area contributed by atoms with Gasteiger partial charge in [-0.1, -0.05) is 18.2 Å². The van der Waals surface area contributed by atoms with Crippen molar-refractivity contribution < 1.29 is 8.83 Å². The van der Waals surface area contributed by atoms with Crippen molar-refractivity contribution in [2.75, 3.05) is 4.90 Å². The van der Waals surface area contributed by atoms with Gasteiger partial charge in [-0.15, -0.1) is 0 Å². The van der Waals surface area contributed by atoms with Crippen molar-refractivity contribution in [1.29, 1.82) is 0 Å². The van der Waals surface area contributed by atoms with E-state index in [1.54, 1.807) is 25.1 Å². The molecule has 5 rings (SSSR count). The minimum atomic E-state index is 0.552. The number of nitrogens with zero attached hydrogens (tertiary/aromatic N) is 5. The molecule has 4 aromatic heterocycles. The summed E-state index contributed by atoms with van der Waals surface area (Å²) in [5.74, 6) is 2.46. The third-order valence-corrected chi connectivity index (χ3v) is 4.50. The molecule has 0 amide bonds. The first kappa shape index (κ1) is 16.3. The lowest BCUT2D eigenvalue weighted by Gasteiger charge is -2.22. The fourth-order valence-electron chi connectivity index (χ4n) is 3.23. The summed E-state index contributed by atoms with van der Waals surface area (Å²) in [4.78, 5) is 11.1. The Morgan fingerprint density at radius 3 is 2.18 bits per heavy atom. The first-order valence-corrected chi connectivity index (χ1v) is 8.92. The molecule has 7 heteroatoms. The maximum atomic E-state index is 5.55. The minimum absolute atomic E-state index is 0.552. The molecule has 0 bridgehead atoms. The van der Waals surface area contributed by atoms with Crippen LogP contribution >= 0.6 is 0 Å². The van der Waals surface area contributed by atoms with Gasteiger partial charge >= 0.3 is 0 Å². The third kappa shape index (κ3) is 3.03. The van der Waals surface area contributed by atoms with Gasteiger partial charge in [-0.25, -0.2) is 14.6 Å². The Bertz CT molecular complexity index is 1130. The second kappa shape index (κ2) is 7.03. The lowest BCUT2D eigenvalue weighted by Crippen LogP contribution is -2.23. The topological polar surface area (TPSA) is 73.1 Å². The molecule has 0 saturated carbocycles. The van der Waals surface area contributed by atoms with Crippen LogP contribution in [0.1, 0.15) is 11.5 Å². The SMILES string of the molecule is c1ccc(-n2ncc3c(N(Cc4ccco4)Cc4ccco4)ncnc32)cc1. The minimum Gasteiger partial charge on any atom is -0.467 e. The Kier molecular flexibility index (Phi) is 4.10. The molecule has 0 fully saturated rings. The standard InChI is InChI=1S/C21H17N5O2/c1-2-6-16(7-3-1)26-21-19(12-24-26)20(22-15-23-21)25(13-17-8-4-10-27-17)14-18-9-5-11-28-18/h1-12,15H,13-14H2. The van der Waals surface area contributed by atoms with Crippen molar-refractivity contribution >= 4 is 16.9 Å². The fourth-order valence-corrected chi connectivity index (χ4v) is 3.23. The zero-order valence-electron chi connectivity index (χ0n) is 15.0. The molecular weight excluding hydrogens is 354 g/mol. The van der Waals surface area contributed by atoms with Crippen LogP contribution in [0.25, 0.3) is 16.7 Å². The highest BCUT2D eigenvalue weighted by Gasteiger charge is 2.19. The maximum absolute atomic E-state index is 5.55. The van der Waals surface area contributed by atoms with Crippen LogP contribution in [0, 0.1) is 0 Å². The van der Waals surface area contributed by atoms with Crippen LogP contribution in [-0.4, -0.2) is 19.7 Å². The molecule has 7 nitrogen and oxygen atoms in total. The number of hydrogen-bond donors (Lipinski definition) is 0. The van der Waals surface area contributed by atoms with Gasteiger partial charge in [0.25, 0.3) is 0 Å². The van der Waals surface area contributed by atoms with Gasteiger partial charge in [0.05, 0.1) is 42.9 Å². The van der Waals surface area contributed by atoms with Crippen LogP contribution in [-0.2, 0) is 13.1 Å². The molecule has 28 heavy (non-hydrogen) atoms. The van der Waals surface area contributed by atoms with E-state index in [0.29, 0.717) is 13.1 Å². The monoisotopic (exact) mass is 371 g/mol. The number of hydrogen-bond acceptors (Lipinski definition) is 6. The zero-order chi connectivity index (χ0) is 18.8. The smallest absolute Gasteiger partial charge is 0.168 e. The molecule has 5 aromatic rings. The quantitative estimate of drug-likeness (QED) is 0.445. The largest absolute Gasteiger partial charge is 0.467 e. The van der Waals surface area contributed by atoms with Crippen LogP contribution in [0.2, 0.25) is 0 Å². The van der Waals surface area contributed by atoms with E-state index in [2.05, 4.69) is 20.0 Å². The fraction of sp³-hybridized carbons (Fsp3) is 0.0952. The molecule has 0 radical (unpaired) electrons. The van der Waals surface area contributed by atoms with E-state index in [9.17, 15) is 0 Å². The van der Waals surface area contributed by atoms with Crippen molar-refractivity contribution in [3.05, 3.63) is 91.2 Å². The third-order valence-electron chi connectivity index (χ3n) is 4.50. The average molecular weight is 371 g/mol. The number of aromatic nitrogens is 4. The predicted molar refractivity (Wildman–Crippen MR) is 104 cm³/mol. The summed E-state index contributed by atoms with van der Waals surface area (Å²) in [7, 11) is 0. The molecule has 138 valence electrons. The second-order valence-electron chi connectivity index (χ2n) is 6.34. The lowest BCUT2D eigenvalue weighted by atomic mass is 10.3. The molecule has 0 N–H and O–H groups in total. The van der Waals surface area contributed by atoms with Crippen molar-refractivity contribution in [2.45, 2.75) is 13.1 Å². The maximum Gasteiger partial charge on any atom is 0.168 e. The van der Waals surface area contributed by atoms with E-state index in [0.717, 1.165) is 34.1 Å². The Morgan fingerprint density at radius 1 is 0.821 bits per heavy atom. The summed E-state index contributed by atoms with van der Waals surface area (Å²) in [6.45, 7) is 1.10. The predicted octanol–water partition coefficient (Wildman–Crippen LogP) is 4.21. The molecule has 4 heterocycles. The average Bonchev–Trinajstić information content (AvgIpc) is 3.50. The van der Waals surface area contributed by atoms with Gasteiger partial charge < -0.3 is 13.7 Å². The molecule has 0 unspecified atom stereocenters. The highest BCUT2D eigenvalue weighted by Crippen LogP contribution is 2.27. The van der Waals surface area contributed by atoms with E-state index in [1.165, 1.54) is 0 Å². The van der Waals surface area contributed by atoms with Gasteiger partial charge in [-0.05, 0) is 36.4 Å². The zero-order valence-corrected chi connectivity index (χ0v) is 15.0. The van der Waals surface area contributed by atoms with Crippen LogP contribution in [0.5, 0.6) is 0 Å². The van der Waals surface area contributed by atoms with Gasteiger partial charge in [0, 0.05) is 0 Å². The molecule has 1 aromatic carbocycles. The highest BCUT2D eigenvalue weighted by atomic mass is 16.3. The molecule has 0 spiro atoms. The summed E-state index contributed by atoms with van der Waals surface area (Å²) in [6.07, 6.45) is 6.71. The van der Waals surface area contributed by atoms with Gasteiger partial charge in [0.15, 0.2) is 5.65 Å². The first-order chi connectivity index (χ1) is 13.9. The van der Waals surface area contributed by atoms with Crippen molar-refractivity contribution in [2.24, 2.45) is 0 Å². The summed E-state index contributed by atoms with van der Waals surface area (Å²) >= 11 is 0. The van der Waals surface area contributed by atoms with Crippen LogP contribution in [0.4, 0.5) is 5.82 Å². The van der Waals surface area contributed by atoms with E-state index in [1.807, 2.05) is 59.3 Å². The molecule has 0 aliphatic heterocycles. The van der Waals surface area contributed by atoms with E-state index < -0.39 is 0 Å². The number of rotatable bonds is 6. The van der Waals surface area contributed by atoms with E-state index >= 15 is 0 Å². The van der Waals surface area contributed by atoms with Gasteiger partial charge in [0.1, 0.15) is 23.7 Å². The van der Waals surface area contributed by atoms with Gasteiger partial charge in [-0.2, -0.15) is 5.10 Å². The molecular formula is C21H17N5O2. The summed E-state index contributed by atoms with van der Waals surface area (Å²) in [5, 5.41) is 5.41. The number of anilines is 1. The number of benzene rings is 1. The Labute approximate surface area is 160 Å². The summed E-state index contributed by atoms with van der Waals surface area (Å²) in [5.41, 5.74) is 1.70. The Morgan fingerprint density at radius 2 is 1.54 bits per heavy atom. The molecule has 0 aliphatic carbocycles. The molecule has 0 aliphatic rings. The van der Waals surface area contributed by atoms with Gasteiger partial charge in [-0.3, -0.25) is 0 Å². The van der Waals surface area contributed by atoms with Crippen LogP contribution in [0.15, 0.2) is 88.5 Å². The summed E-state index contributed by atoms with van der Waals surface area (Å²) < 4.78 is 12.9. The van der Waals surface area contributed by atoms with Crippen molar-refractivity contribution in [3.8, 4) is 5.69 Å². The van der Waals surface area contributed by atoms with Crippen LogP contribution in [0.3, 0.4) is 0 Å². The Balaban J connectivity index is 1.59. The number of furan rings is 2. The normalized spacial score (nSPS) is 11.1. The molecule has 0 saturated heterocycles. The second-order valence-corrected chi connectivity index (χ2v) is 6.34. The Hall–Kier alpha value is -3.87.